The number of rotatable bonds is 10. The van der Waals surface area contributed by atoms with E-state index in [9.17, 15) is 22.8 Å². The molecular weight excluding hydrogens is 562 g/mol. The first-order chi connectivity index (χ1) is 17.7. The van der Waals surface area contributed by atoms with Crippen molar-refractivity contribution in [1.82, 2.24) is 4.90 Å². The van der Waals surface area contributed by atoms with Crippen molar-refractivity contribution >= 4 is 55.0 Å². The lowest BCUT2D eigenvalue weighted by Gasteiger charge is -2.14. The maximum Gasteiger partial charge on any atom is 0.265 e. The fourth-order valence-corrected chi connectivity index (χ4v) is 5.60. The summed E-state index contributed by atoms with van der Waals surface area (Å²) in [6.07, 6.45) is 0.412. The number of hydrogen-bond donors (Lipinski definition) is 2. The number of nitrogens with zero attached hydrogens (tertiary/aromatic N) is 1. The van der Waals surface area contributed by atoms with Gasteiger partial charge in [-0.25, -0.2) is 8.42 Å². The number of imide groups is 1. The van der Waals surface area contributed by atoms with Crippen LogP contribution in [0.3, 0.4) is 0 Å². The van der Waals surface area contributed by atoms with E-state index in [1.165, 1.54) is 18.2 Å². The Morgan fingerprint density at radius 2 is 1.57 bits per heavy atom. The minimum absolute atomic E-state index is 0.000772. The quantitative estimate of drug-likeness (QED) is 0.333. The Labute approximate surface area is 223 Å². The van der Waals surface area contributed by atoms with Crippen molar-refractivity contribution in [3.05, 3.63) is 82.3 Å². The third kappa shape index (κ3) is 6.00. The standard InChI is InChI=1S/C26H24BrN3O6S/c1-2-36-22-14-9-17(27)16-23(22)37(34,35)29-19-12-10-18(11-13-19)28-24(31)8-5-15-30-25(32)20-6-3-4-7-21(20)26(30)33/h3-4,6-7,9-14,16,29H,2,5,8,15H2,1H3,(H,28,31). The van der Waals surface area contributed by atoms with E-state index in [2.05, 4.69) is 26.0 Å². The molecule has 0 bridgehead atoms. The molecule has 37 heavy (non-hydrogen) atoms. The van der Waals surface area contributed by atoms with Crippen LogP contribution in [-0.4, -0.2) is 44.2 Å². The zero-order valence-electron chi connectivity index (χ0n) is 19.9. The van der Waals surface area contributed by atoms with E-state index in [1.807, 2.05) is 0 Å². The molecule has 3 aromatic carbocycles. The molecule has 0 unspecified atom stereocenters. The molecule has 3 aromatic rings. The Hall–Kier alpha value is -3.70. The highest BCUT2D eigenvalue weighted by Gasteiger charge is 2.34. The van der Waals surface area contributed by atoms with Gasteiger partial charge in [-0.05, 0) is 67.9 Å². The summed E-state index contributed by atoms with van der Waals surface area (Å²) in [5.41, 5.74) is 1.54. The van der Waals surface area contributed by atoms with E-state index in [4.69, 9.17) is 4.74 Å². The zero-order chi connectivity index (χ0) is 26.6. The van der Waals surface area contributed by atoms with Gasteiger partial charge in [-0.3, -0.25) is 24.0 Å². The molecule has 192 valence electrons. The van der Waals surface area contributed by atoms with E-state index in [0.29, 0.717) is 40.0 Å². The zero-order valence-corrected chi connectivity index (χ0v) is 22.3. The lowest BCUT2D eigenvalue weighted by atomic mass is 10.1. The number of anilines is 2. The Morgan fingerprint density at radius 1 is 0.946 bits per heavy atom. The summed E-state index contributed by atoms with van der Waals surface area (Å²) in [4.78, 5) is 38.3. The third-order valence-electron chi connectivity index (χ3n) is 5.58. The van der Waals surface area contributed by atoms with Crippen molar-refractivity contribution in [3.8, 4) is 5.75 Å². The molecule has 11 heteroatoms. The first kappa shape index (κ1) is 26.4. The SMILES string of the molecule is CCOc1ccc(Br)cc1S(=O)(=O)Nc1ccc(NC(=O)CCCN2C(=O)c3ccccc3C2=O)cc1. The predicted molar refractivity (Wildman–Crippen MR) is 142 cm³/mol. The fraction of sp³-hybridized carbons (Fsp3) is 0.192. The van der Waals surface area contributed by atoms with Crippen LogP contribution in [0.5, 0.6) is 5.75 Å². The number of nitrogens with one attached hydrogen (secondary N) is 2. The average molecular weight is 586 g/mol. The van der Waals surface area contributed by atoms with Gasteiger partial charge in [-0.1, -0.05) is 28.1 Å². The monoisotopic (exact) mass is 585 g/mol. The summed E-state index contributed by atoms with van der Waals surface area (Å²) >= 11 is 3.28. The number of ether oxygens (including phenoxy) is 1. The van der Waals surface area contributed by atoms with Crippen molar-refractivity contribution in [2.45, 2.75) is 24.7 Å². The van der Waals surface area contributed by atoms with Gasteiger partial charge in [-0.2, -0.15) is 0 Å². The normalized spacial score (nSPS) is 12.9. The van der Waals surface area contributed by atoms with Crippen molar-refractivity contribution in [2.75, 3.05) is 23.2 Å². The van der Waals surface area contributed by atoms with Gasteiger partial charge in [0.2, 0.25) is 5.91 Å². The Kier molecular flexibility index (Phi) is 7.94. The van der Waals surface area contributed by atoms with Gasteiger partial charge in [0.25, 0.3) is 21.8 Å². The summed E-state index contributed by atoms with van der Waals surface area (Å²) in [7, 11) is -3.93. The first-order valence-electron chi connectivity index (χ1n) is 11.5. The van der Waals surface area contributed by atoms with E-state index in [0.717, 1.165) is 4.90 Å². The second kappa shape index (κ2) is 11.1. The Bertz CT molecular complexity index is 1420. The van der Waals surface area contributed by atoms with E-state index < -0.39 is 10.0 Å². The van der Waals surface area contributed by atoms with Crippen LogP contribution in [0.25, 0.3) is 0 Å². The molecule has 4 rings (SSSR count). The molecule has 9 nitrogen and oxygen atoms in total. The van der Waals surface area contributed by atoms with E-state index in [1.54, 1.807) is 55.5 Å². The van der Waals surface area contributed by atoms with Gasteiger partial charge in [0.05, 0.1) is 17.7 Å². The smallest absolute Gasteiger partial charge is 0.265 e. The van der Waals surface area contributed by atoms with Gasteiger partial charge in [-0.15, -0.1) is 0 Å². The maximum absolute atomic E-state index is 12.9. The fourth-order valence-electron chi connectivity index (χ4n) is 3.86. The van der Waals surface area contributed by atoms with Gasteiger partial charge in [0, 0.05) is 28.8 Å². The van der Waals surface area contributed by atoms with E-state index in [-0.39, 0.29) is 41.3 Å². The summed E-state index contributed by atoms with van der Waals surface area (Å²) in [5, 5.41) is 2.73. The lowest BCUT2D eigenvalue weighted by molar-refractivity contribution is -0.116. The molecule has 0 atom stereocenters. The van der Waals surface area contributed by atoms with Crippen LogP contribution in [0, 0.1) is 0 Å². The first-order valence-corrected chi connectivity index (χ1v) is 13.8. The highest BCUT2D eigenvalue weighted by atomic mass is 79.9. The van der Waals surface area contributed by atoms with Crippen LogP contribution in [0.2, 0.25) is 0 Å². The molecular formula is C26H24BrN3O6S. The van der Waals surface area contributed by atoms with Gasteiger partial charge < -0.3 is 10.1 Å². The second-order valence-electron chi connectivity index (χ2n) is 8.17. The average Bonchev–Trinajstić information content (AvgIpc) is 3.11. The molecule has 0 radical (unpaired) electrons. The van der Waals surface area contributed by atoms with Crippen LogP contribution in [0.4, 0.5) is 11.4 Å². The number of benzene rings is 3. The molecule has 1 aliphatic rings. The van der Waals surface area contributed by atoms with Crippen molar-refractivity contribution in [3.63, 3.8) is 0 Å². The molecule has 0 aromatic heterocycles. The number of fused-ring (bicyclic) bond motifs is 1. The molecule has 3 amide bonds. The Balaban J connectivity index is 1.31. The second-order valence-corrected chi connectivity index (χ2v) is 10.7. The molecule has 1 heterocycles. The number of halogens is 1. The van der Waals surface area contributed by atoms with Crippen LogP contribution in [0.15, 0.2) is 76.1 Å². The minimum atomic E-state index is -3.93. The summed E-state index contributed by atoms with van der Waals surface area (Å²) in [6.45, 7) is 2.22. The van der Waals surface area contributed by atoms with Gasteiger partial charge >= 0.3 is 0 Å². The van der Waals surface area contributed by atoms with Crippen LogP contribution >= 0.6 is 15.9 Å². The maximum atomic E-state index is 12.9. The number of carbonyl (C=O) groups excluding carboxylic acids is 3. The summed E-state index contributed by atoms with van der Waals surface area (Å²) in [5.74, 6) is -0.755. The molecule has 0 spiro atoms. The largest absolute Gasteiger partial charge is 0.492 e. The topological polar surface area (TPSA) is 122 Å². The van der Waals surface area contributed by atoms with Gasteiger partial charge in [0.1, 0.15) is 10.6 Å². The highest BCUT2D eigenvalue weighted by Crippen LogP contribution is 2.29. The number of carbonyl (C=O) groups is 3. The minimum Gasteiger partial charge on any atom is -0.492 e. The summed E-state index contributed by atoms with van der Waals surface area (Å²) in [6, 6.07) is 17.6. The number of amides is 3. The predicted octanol–water partition coefficient (Wildman–Crippen LogP) is 4.66. The Morgan fingerprint density at radius 3 is 2.19 bits per heavy atom. The summed E-state index contributed by atoms with van der Waals surface area (Å²) < 4.78 is 34.4. The van der Waals surface area contributed by atoms with E-state index >= 15 is 0 Å². The number of hydrogen-bond acceptors (Lipinski definition) is 6. The lowest BCUT2D eigenvalue weighted by Crippen LogP contribution is -2.31. The molecule has 2 N–H and O–H groups in total. The van der Waals surface area contributed by atoms with Gasteiger partial charge in [0.15, 0.2) is 0 Å². The molecule has 1 aliphatic heterocycles. The van der Waals surface area contributed by atoms with Crippen molar-refractivity contribution in [2.24, 2.45) is 0 Å². The van der Waals surface area contributed by atoms with Crippen LogP contribution in [0.1, 0.15) is 40.5 Å². The molecule has 0 aliphatic carbocycles. The molecule has 0 saturated heterocycles. The third-order valence-corrected chi connectivity index (χ3v) is 7.48. The van der Waals surface area contributed by atoms with Crippen LogP contribution < -0.4 is 14.8 Å². The molecule has 0 fully saturated rings. The number of sulfonamides is 1. The molecule has 0 saturated carbocycles. The van der Waals surface area contributed by atoms with Crippen molar-refractivity contribution in [1.29, 1.82) is 0 Å². The highest BCUT2D eigenvalue weighted by molar-refractivity contribution is 9.10. The van der Waals surface area contributed by atoms with Crippen LogP contribution in [-0.2, 0) is 14.8 Å². The van der Waals surface area contributed by atoms with Crippen molar-refractivity contribution < 1.29 is 27.5 Å².